The van der Waals surface area contributed by atoms with E-state index in [1.54, 1.807) is 17.0 Å². The summed E-state index contributed by atoms with van der Waals surface area (Å²) in [6, 6.07) is 15.6. The first-order valence-electron chi connectivity index (χ1n) is 8.89. The van der Waals surface area contributed by atoms with Crippen molar-refractivity contribution in [2.45, 2.75) is 12.5 Å². The summed E-state index contributed by atoms with van der Waals surface area (Å²) in [6.07, 6.45) is -1.05. The Morgan fingerprint density at radius 1 is 0.963 bits per heavy atom. The average Bonchev–Trinajstić information content (AvgIpc) is 2.68. The number of anilines is 1. The number of carboxylic acid groups (broad SMARTS) is 1. The van der Waals surface area contributed by atoms with Crippen LogP contribution in [0.2, 0.25) is 0 Å². The lowest BCUT2D eigenvalue weighted by molar-refractivity contribution is -0.132. The predicted octanol–water partition coefficient (Wildman–Crippen LogP) is 2.44. The lowest BCUT2D eigenvalue weighted by Crippen LogP contribution is -2.49. The van der Waals surface area contributed by atoms with Crippen LogP contribution in [-0.2, 0) is 4.79 Å². The van der Waals surface area contributed by atoms with Gasteiger partial charge < -0.3 is 25.3 Å². The van der Waals surface area contributed by atoms with Gasteiger partial charge >= 0.3 is 6.09 Å². The normalized spacial score (nSPS) is 15.3. The largest absolute Gasteiger partial charge is 0.508 e. The number of phenols is 1. The van der Waals surface area contributed by atoms with E-state index < -0.39 is 12.1 Å². The number of nitrogens with zero attached hydrogens (tertiary/aromatic N) is 2. The molecule has 142 valence electrons. The average molecular weight is 369 g/mol. The standard InChI is InChI=1S/C20H23N3O4/c24-17-8-6-16(7-9-17)22-10-12-23(13-11-22)19(25)14-18(21-20(26)27)15-4-2-1-3-5-15/h1-9,18,21,24H,10-14H2,(H,26,27). The molecule has 1 saturated heterocycles. The van der Waals surface area contributed by atoms with E-state index in [1.807, 2.05) is 42.5 Å². The van der Waals surface area contributed by atoms with Crippen molar-refractivity contribution in [3.63, 3.8) is 0 Å². The minimum atomic E-state index is -1.14. The van der Waals surface area contributed by atoms with Crippen LogP contribution >= 0.6 is 0 Å². The molecule has 1 heterocycles. The van der Waals surface area contributed by atoms with Crippen LogP contribution in [0.1, 0.15) is 18.0 Å². The van der Waals surface area contributed by atoms with Gasteiger partial charge in [0.05, 0.1) is 12.5 Å². The molecule has 0 aromatic heterocycles. The fraction of sp³-hybridized carbons (Fsp3) is 0.300. The van der Waals surface area contributed by atoms with Crippen LogP contribution in [-0.4, -0.2) is 53.3 Å². The molecule has 1 atom stereocenters. The number of carbonyl (C=O) groups is 2. The summed E-state index contributed by atoms with van der Waals surface area (Å²) in [7, 11) is 0. The second-order valence-electron chi connectivity index (χ2n) is 6.50. The maximum absolute atomic E-state index is 12.7. The third-order valence-electron chi connectivity index (χ3n) is 4.73. The quantitative estimate of drug-likeness (QED) is 0.753. The van der Waals surface area contributed by atoms with Gasteiger partial charge in [-0.3, -0.25) is 4.79 Å². The maximum atomic E-state index is 12.7. The Labute approximate surface area is 157 Å². The van der Waals surface area contributed by atoms with Gasteiger partial charge in [-0.25, -0.2) is 4.79 Å². The minimum Gasteiger partial charge on any atom is -0.508 e. The van der Waals surface area contributed by atoms with E-state index in [0.717, 1.165) is 11.3 Å². The second kappa shape index (κ2) is 8.44. The van der Waals surface area contributed by atoms with Crippen LogP contribution in [0.5, 0.6) is 5.75 Å². The van der Waals surface area contributed by atoms with Gasteiger partial charge in [-0.1, -0.05) is 30.3 Å². The Morgan fingerprint density at radius 3 is 2.19 bits per heavy atom. The van der Waals surface area contributed by atoms with Gasteiger partial charge in [-0.15, -0.1) is 0 Å². The van der Waals surface area contributed by atoms with Crippen molar-refractivity contribution < 1.29 is 19.8 Å². The Kier molecular flexibility index (Phi) is 5.80. The number of aromatic hydroxyl groups is 1. The summed E-state index contributed by atoms with van der Waals surface area (Å²) >= 11 is 0. The second-order valence-corrected chi connectivity index (χ2v) is 6.50. The summed E-state index contributed by atoms with van der Waals surface area (Å²) in [5, 5.41) is 20.9. The zero-order chi connectivity index (χ0) is 19.2. The first kappa shape index (κ1) is 18.6. The number of amides is 2. The highest BCUT2D eigenvalue weighted by molar-refractivity contribution is 5.78. The van der Waals surface area contributed by atoms with E-state index in [4.69, 9.17) is 5.11 Å². The van der Waals surface area contributed by atoms with E-state index in [0.29, 0.717) is 26.2 Å². The van der Waals surface area contributed by atoms with Crippen molar-refractivity contribution >= 4 is 17.7 Å². The van der Waals surface area contributed by atoms with Gasteiger partial charge in [0, 0.05) is 31.9 Å². The van der Waals surface area contributed by atoms with Gasteiger partial charge in [-0.05, 0) is 29.8 Å². The zero-order valence-electron chi connectivity index (χ0n) is 14.9. The molecule has 1 aliphatic rings. The van der Waals surface area contributed by atoms with Gasteiger partial charge in [0.2, 0.25) is 5.91 Å². The number of hydrogen-bond donors (Lipinski definition) is 3. The molecular weight excluding hydrogens is 346 g/mol. The maximum Gasteiger partial charge on any atom is 0.405 e. The Hall–Kier alpha value is -3.22. The van der Waals surface area contributed by atoms with Crippen molar-refractivity contribution in [1.29, 1.82) is 0 Å². The number of benzene rings is 2. The fourth-order valence-corrected chi connectivity index (χ4v) is 3.27. The molecule has 0 aliphatic carbocycles. The molecule has 1 aliphatic heterocycles. The summed E-state index contributed by atoms with van der Waals surface area (Å²) in [5.74, 6) is 0.161. The lowest BCUT2D eigenvalue weighted by Gasteiger charge is -2.36. The molecular formula is C20H23N3O4. The predicted molar refractivity (Wildman–Crippen MR) is 102 cm³/mol. The number of hydrogen-bond acceptors (Lipinski definition) is 4. The Balaban J connectivity index is 1.59. The number of rotatable bonds is 5. The van der Waals surface area contributed by atoms with Crippen LogP contribution in [0.4, 0.5) is 10.5 Å². The van der Waals surface area contributed by atoms with Crippen molar-refractivity contribution in [2.24, 2.45) is 0 Å². The van der Waals surface area contributed by atoms with Gasteiger partial charge in [-0.2, -0.15) is 0 Å². The molecule has 0 radical (unpaired) electrons. The minimum absolute atomic E-state index is 0.0667. The summed E-state index contributed by atoms with van der Waals surface area (Å²) in [5.41, 5.74) is 1.78. The molecule has 27 heavy (non-hydrogen) atoms. The third kappa shape index (κ3) is 4.91. The van der Waals surface area contributed by atoms with Gasteiger partial charge in [0.1, 0.15) is 5.75 Å². The number of carbonyl (C=O) groups excluding carboxylic acids is 1. The molecule has 3 rings (SSSR count). The highest BCUT2D eigenvalue weighted by atomic mass is 16.4. The highest BCUT2D eigenvalue weighted by Gasteiger charge is 2.25. The van der Waals surface area contributed by atoms with Gasteiger partial charge in [0.25, 0.3) is 0 Å². The highest BCUT2D eigenvalue weighted by Crippen LogP contribution is 2.22. The van der Waals surface area contributed by atoms with E-state index in [1.165, 1.54) is 0 Å². The molecule has 2 amide bonds. The third-order valence-corrected chi connectivity index (χ3v) is 4.73. The SMILES string of the molecule is O=C(O)NC(CC(=O)N1CCN(c2ccc(O)cc2)CC1)c1ccccc1. The molecule has 2 aromatic carbocycles. The van der Waals surface area contributed by atoms with Crippen LogP contribution < -0.4 is 10.2 Å². The monoisotopic (exact) mass is 369 g/mol. The number of phenolic OH excluding ortho intramolecular Hbond substituents is 1. The Bertz CT molecular complexity index is 772. The molecule has 2 aromatic rings. The number of piperazine rings is 1. The summed E-state index contributed by atoms with van der Waals surface area (Å²) < 4.78 is 0. The van der Waals surface area contributed by atoms with Crippen LogP contribution in [0, 0.1) is 0 Å². The topological polar surface area (TPSA) is 93.1 Å². The molecule has 0 saturated carbocycles. The molecule has 7 nitrogen and oxygen atoms in total. The first-order chi connectivity index (χ1) is 13.0. The molecule has 0 bridgehead atoms. The van der Waals surface area contributed by atoms with Crippen molar-refractivity contribution in [2.75, 3.05) is 31.1 Å². The molecule has 3 N–H and O–H groups in total. The van der Waals surface area contributed by atoms with Crippen LogP contribution in [0.3, 0.4) is 0 Å². The van der Waals surface area contributed by atoms with E-state index in [2.05, 4.69) is 10.2 Å². The van der Waals surface area contributed by atoms with Crippen molar-refractivity contribution in [3.8, 4) is 5.75 Å². The van der Waals surface area contributed by atoms with E-state index in [9.17, 15) is 14.7 Å². The molecule has 1 fully saturated rings. The zero-order valence-corrected chi connectivity index (χ0v) is 14.9. The van der Waals surface area contributed by atoms with E-state index in [-0.39, 0.29) is 18.1 Å². The first-order valence-corrected chi connectivity index (χ1v) is 8.89. The van der Waals surface area contributed by atoms with Crippen LogP contribution in [0.25, 0.3) is 0 Å². The fourth-order valence-electron chi connectivity index (χ4n) is 3.27. The summed E-state index contributed by atoms with van der Waals surface area (Å²) in [6.45, 7) is 2.54. The molecule has 7 heteroatoms. The summed E-state index contributed by atoms with van der Waals surface area (Å²) in [4.78, 5) is 27.7. The van der Waals surface area contributed by atoms with Crippen LogP contribution in [0.15, 0.2) is 54.6 Å². The van der Waals surface area contributed by atoms with Gasteiger partial charge in [0.15, 0.2) is 0 Å². The Morgan fingerprint density at radius 2 is 1.59 bits per heavy atom. The van der Waals surface area contributed by atoms with Crippen molar-refractivity contribution in [3.05, 3.63) is 60.2 Å². The number of nitrogens with one attached hydrogen (secondary N) is 1. The van der Waals surface area contributed by atoms with Crippen molar-refractivity contribution in [1.82, 2.24) is 10.2 Å². The molecule has 1 unspecified atom stereocenters. The van der Waals surface area contributed by atoms with E-state index >= 15 is 0 Å². The molecule has 0 spiro atoms. The lowest BCUT2D eigenvalue weighted by atomic mass is 10.0. The smallest absolute Gasteiger partial charge is 0.405 e.